The monoisotopic (exact) mass is 412 g/mol. The highest BCUT2D eigenvalue weighted by Gasteiger charge is 2.17. The molecule has 28 heavy (non-hydrogen) atoms. The molecular weight excluding hydrogens is 390 g/mol. The molecule has 0 fully saturated rings. The minimum atomic E-state index is -4.04. The maximum atomic E-state index is 13.2. The molecule has 0 aromatic heterocycles. The third-order valence-electron chi connectivity index (χ3n) is 3.89. The molecule has 6 nitrogen and oxygen atoms in total. The fourth-order valence-corrected chi connectivity index (χ4v) is 3.51. The minimum absolute atomic E-state index is 0.113. The highest BCUT2D eigenvalue weighted by atomic mass is 32.2. The number of nitrogens with one attached hydrogen (secondary N) is 2. The van der Waals surface area contributed by atoms with Gasteiger partial charge in [-0.2, -0.15) is 0 Å². The Hall–Kier alpha value is -2.52. The van der Waals surface area contributed by atoms with Crippen molar-refractivity contribution < 1.29 is 26.7 Å². The van der Waals surface area contributed by atoms with Crippen LogP contribution in [0.5, 0.6) is 5.75 Å². The van der Waals surface area contributed by atoms with Gasteiger partial charge in [0.2, 0.25) is 15.9 Å². The molecule has 2 aromatic rings. The Morgan fingerprint density at radius 3 is 2.57 bits per heavy atom. The van der Waals surface area contributed by atoms with Crippen LogP contribution in [-0.4, -0.2) is 27.5 Å². The Morgan fingerprint density at radius 2 is 1.89 bits per heavy atom. The number of amides is 1. The summed E-state index contributed by atoms with van der Waals surface area (Å²) in [5.74, 6) is -2.06. The van der Waals surface area contributed by atoms with Crippen LogP contribution in [0.25, 0.3) is 0 Å². The topological polar surface area (TPSA) is 84.5 Å². The van der Waals surface area contributed by atoms with Crippen molar-refractivity contribution in [3.63, 3.8) is 0 Å². The highest BCUT2D eigenvalue weighted by Crippen LogP contribution is 2.19. The molecular formula is C19H22F2N2O4S. The lowest BCUT2D eigenvalue weighted by Gasteiger charge is -2.15. The third-order valence-corrected chi connectivity index (χ3v) is 5.35. The van der Waals surface area contributed by atoms with E-state index < -0.39 is 26.6 Å². The van der Waals surface area contributed by atoms with Gasteiger partial charge in [0.05, 0.1) is 17.5 Å². The predicted molar refractivity (Wildman–Crippen MR) is 100 cm³/mol. The van der Waals surface area contributed by atoms with E-state index in [9.17, 15) is 22.0 Å². The number of hydrogen-bond acceptors (Lipinski definition) is 4. The Bertz CT molecular complexity index is 935. The molecule has 1 atom stereocenters. The smallest absolute Gasteiger partial charge is 0.240 e. The summed E-state index contributed by atoms with van der Waals surface area (Å²) >= 11 is 0. The Kier molecular flexibility index (Phi) is 7.47. The summed E-state index contributed by atoms with van der Waals surface area (Å²) in [5.41, 5.74) is 0.849. The van der Waals surface area contributed by atoms with E-state index in [1.807, 2.05) is 31.2 Å². The van der Waals surface area contributed by atoms with Crippen molar-refractivity contribution in [3.05, 3.63) is 59.7 Å². The maximum Gasteiger partial charge on any atom is 0.240 e. The van der Waals surface area contributed by atoms with Crippen LogP contribution in [-0.2, 0) is 14.8 Å². The molecule has 1 unspecified atom stereocenters. The molecule has 2 N–H and O–H groups in total. The van der Waals surface area contributed by atoms with Crippen LogP contribution < -0.4 is 14.8 Å². The lowest BCUT2D eigenvalue weighted by atomic mass is 10.1. The average Bonchev–Trinajstić information content (AvgIpc) is 2.64. The lowest BCUT2D eigenvalue weighted by molar-refractivity contribution is -0.121. The van der Waals surface area contributed by atoms with Gasteiger partial charge in [-0.25, -0.2) is 21.9 Å². The minimum Gasteiger partial charge on any atom is -0.494 e. The van der Waals surface area contributed by atoms with Gasteiger partial charge in [-0.1, -0.05) is 12.1 Å². The first-order valence-corrected chi connectivity index (χ1v) is 10.2. The van der Waals surface area contributed by atoms with Crippen LogP contribution in [0.15, 0.2) is 47.4 Å². The normalized spacial score (nSPS) is 12.4. The van der Waals surface area contributed by atoms with Crippen LogP contribution in [0.3, 0.4) is 0 Å². The van der Waals surface area contributed by atoms with Crippen molar-refractivity contribution in [3.8, 4) is 5.75 Å². The first kappa shape index (κ1) is 21.8. The van der Waals surface area contributed by atoms with Crippen molar-refractivity contribution in [2.75, 3.05) is 13.2 Å². The Labute approximate surface area is 163 Å². The molecule has 0 aliphatic rings. The summed E-state index contributed by atoms with van der Waals surface area (Å²) in [6.45, 7) is 4.02. The van der Waals surface area contributed by atoms with E-state index in [2.05, 4.69) is 10.0 Å². The summed E-state index contributed by atoms with van der Waals surface area (Å²) in [6, 6.07) is 9.27. The van der Waals surface area contributed by atoms with E-state index in [0.29, 0.717) is 18.4 Å². The van der Waals surface area contributed by atoms with E-state index in [4.69, 9.17) is 4.74 Å². The van der Waals surface area contributed by atoms with Crippen LogP contribution in [0, 0.1) is 11.6 Å². The van der Waals surface area contributed by atoms with Crippen molar-refractivity contribution in [1.29, 1.82) is 0 Å². The standard InChI is InChI=1S/C19H22F2N2O4S/c1-3-27-15-6-4-5-14(11-15)13(2)23-19(24)9-10-22-28(25,26)16-7-8-17(20)18(21)12-16/h4-8,11-13,22H,3,9-10H2,1-2H3,(H,23,24). The zero-order chi connectivity index (χ0) is 20.7. The Balaban J connectivity index is 1.88. The molecule has 0 heterocycles. The van der Waals surface area contributed by atoms with Crippen molar-refractivity contribution >= 4 is 15.9 Å². The van der Waals surface area contributed by atoms with Crippen LogP contribution >= 0.6 is 0 Å². The largest absolute Gasteiger partial charge is 0.494 e. The second-order valence-corrected chi connectivity index (χ2v) is 7.79. The molecule has 0 saturated carbocycles. The zero-order valence-electron chi connectivity index (χ0n) is 15.5. The average molecular weight is 412 g/mol. The molecule has 152 valence electrons. The van der Waals surface area contributed by atoms with Crippen LogP contribution in [0.1, 0.15) is 31.9 Å². The quantitative estimate of drug-likeness (QED) is 0.663. The fraction of sp³-hybridized carbons (Fsp3) is 0.316. The van der Waals surface area contributed by atoms with Crippen LogP contribution in [0.2, 0.25) is 0 Å². The van der Waals surface area contributed by atoms with E-state index in [-0.39, 0.29) is 24.9 Å². The third kappa shape index (κ3) is 6.00. The van der Waals surface area contributed by atoms with Gasteiger partial charge < -0.3 is 10.1 Å². The van der Waals surface area contributed by atoms with Gasteiger partial charge in [-0.15, -0.1) is 0 Å². The van der Waals surface area contributed by atoms with Crippen molar-refractivity contribution in [2.45, 2.75) is 31.2 Å². The SMILES string of the molecule is CCOc1cccc(C(C)NC(=O)CCNS(=O)(=O)c2ccc(F)c(F)c2)c1. The molecule has 1 amide bonds. The van der Waals surface area contributed by atoms with E-state index in [1.165, 1.54) is 0 Å². The number of rotatable bonds is 9. The number of ether oxygens (including phenoxy) is 1. The first-order chi connectivity index (χ1) is 13.2. The van der Waals surface area contributed by atoms with Crippen molar-refractivity contribution in [2.24, 2.45) is 0 Å². The van der Waals surface area contributed by atoms with Crippen molar-refractivity contribution in [1.82, 2.24) is 10.0 Å². The summed E-state index contributed by atoms with van der Waals surface area (Å²) in [5, 5.41) is 2.77. The van der Waals surface area contributed by atoms with Gasteiger partial charge in [0.1, 0.15) is 5.75 Å². The number of hydrogen-bond donors (Lipinski definition) is 2. The molecule has 0 bridgehead atoms. The molecule has 0 aliphatic heterocycles. The number of carbonyl (C=O) groups is 1. The van der Waals surface area contributed by atoms with E-state index in [1.54, 1.807) is 6.92 Å². The number of sulfonamides is 1. The summed E-state index contributed by atoms with van der Waals surface area (Å²) in [4.78, 5) is 11.7. The van der Waals surface area contributed by atoms with Gasteiger partial charge in [0.15, 0.2) is 11.6 Å². The second-order valence-electron chi connectivity index (χ2n) is 6.02. The van der Waals surface area contributed by atoms with Gasteiger partial charge in [-0.3, -0.25) is 4.79 Å². The molecule has 2 rings (SSSR count). The first-order valence-electron chi connectivity index (χ1n) is 8.69. The van der Waals surface area contributed by atoms with E-state index >= 15 is 0 Å². The molecule has 0 radical (unpaired) electrons. The number of benzene rings is 2. The molecule has 0 spiro atoms. The van der Waals surface area contributed by atoms with E-state index in [0.717, 1.165) is 17.7 Å². The number of carbonyl (C=O) groups excluding carboxylic acids is 1. The lowest BCUT2D eigenvalue weighted by Crippen LogP contribution is -2.32. The number of halogens is 2. The van der Waals surface area contributed by atoms with Gasteiger partial charge in [0, 0.05) is 13.0 Å². The highest BCUT2D eigenvalue weighted by molar-refractivity contribution is 7.89. The fourth-order valence-electron chi connectivity index (χ4n) is 2.46. The molecule has 2 aromatic carbocycles. The molecule has 0 aliphatic carbocycles. The van der Waals surface area contributed by atoms with Gasteiger partial charge in [-0.05, 0) is 49.7 Å². The molecule has 9 heteroatoms. The molecule has 0 saturated heterocycles. The summed E-state index contributed by atoms with van der Waals surface area (Å²) in [6.07, 6.45) is -0.113. The summed E-state index contributed by atoms with van der Waals surface area (Å²) in [7, 11) is -4.04. The zero-order valence-corrected chi connectivity index (χ0v) is 16.4. The predicted octanol–water partition coefficient (Wildman–Crippen LogP) is 2.91. The van der Waals surface area contributed by atoms with Crippen LogP contribution in [0.4, 0.5) is 8.78 Å². The maximum absolute atomic E-state index is 13.2. The van der Waals surface area contributed by atoms with Gasteiger partial charge >= 0.3 is 0 Å². The Morgan fingerprint density at radius 1 is 1.14 bits per heavy atom. The summed E-state index contributed by atoms with van der Waals surface area (Å²) < 4.78 is 57.9. The second kappa shape index (κ2) is 9.61. The van der Waals surface area contributed by atoms with Gasteiger partial charge in [0.25, 0.3) is 0 Å².